The van der Waals surface area contributed by atoms with Crippen molar-refractivity contribution in [2.75, 3.05) is 26.7 Å². The van der Waals surface area contributed by atoms with Crippen molar-refractivity contribution in [2.45, 2.75) is 25.3 Å². The number of rotatable bonds is 3. The van der Waals surface area contributed by atoms with E-state index in [1.807, 2.05) is 0 Å². The van der Waals surface area contributed by atoms with Gasteiger partial charge in [-0.25, -0.2) is 0 Å². The molecule has 2 nitrogen and oxygen atoms in total. The summed E-state index contributed by atoms with van der Waals surface area (Å²) in [4.78, 5) is 2.31. The van der Waals surface area contributed by atoms with E-state index in [1.54, 1.807) is 0 Å². The summed E-state index contributed by atoms with van der Waals surface area (Å²) >= 11 is 5.78. The Hall–Kier alpha value is -0.0500. The Labute approximate surface area is 85.9 Å². The van der Waals surface area contributed by atoms with Crippen molar-refractivity contribution in [3.8, 4) is 0 Å². The lowest BCUT2D eigenvalue weighted by atomic mass is 10.1. The summed E-state index contributed by atoms with van der Waals surface area (Å²) in [5, 5.41) is 4.14. The lowest BCUT2D eigenvalue weighted by molar-refractivity contribution is 0.245. The van der Waals surface area contributed by atoms with Crippen molar-refractivity contribution in [1.29, 1.82) is 0 Å². The van der Waals surface area contributed by atoms with Gasteiger partial charge in [0, 0.05) is 17.6 Å². The van der Waals surface area contributed by atoms with E-state index in [-0.39, 0.29) is 0 Å². The highest BCUT2D eigenvalue weighted by atomic mass is 35.5. The van der Waals surface area contributed by atoms with Crippen LogP contribution >= 0.6 is 11.6 Å². The molecule has 1 N–H and O–H groups in total. The van der Waals surface area contributed by atoms with Crippen LogP contribution in [0.3, 0.4) is 0 Å². The summed E-state index contributed by atoms with van der Waals surface area (Å²) in [6.45, 7) is 6.82. The van der Waals surface area contributed by atoms with Crippen LogP contribution in [0.25, 0.3) is 0 Å². The van der Waals surface area contributed by atoms with Crippen LogP contribution in [0.1, 0.15) is 19.3 Å². The van der Waals surface area contributed by atoms with E-state index in [1.165, 1.54) is 19.3 Å². The molecule has 1 fully saturated rings. The Morgan fingerprint density at radius 1 is 1.54 bits per heavy atom. The third-order valence-electron chi connectivity index (χ3n) is 2.59. The monoisotopic (exact) mass is 202 g/mol. The van der Waals surface area contributed by atoms with E-state index in [4.69, 9.17) is 11.6 Å². The SMILES string of the molecule is C=C(Cl)CN(C)C1CCCNCC1. The normalized spacial score (nSPS) is 24.4. The minimum Gasteiger partial charge on any atom is -0.317 e. The maximum absolute atomic E-state index is 5.78. The zero-order chi connectivity index (χ0) is 9.68. The summed E-state index contributed by atoms with van der Waals surface area (Å²) < 4.78 is 0. The minimum absolute atomic E-state index is 0.672. The predicted molar refractivity (Wildman–Crippen MR) is 58.1 cm³/mol. The first kappa shape index (κ1) is 11.0. The van der Waals surface area contributed by atoms with Crippen LogP contribution in [-0.4, -0.2) is 37.6 Å². The Morgan fingerprint density at radius 3 is 3.00 bits per heavy atom. The first-order valence-electron chi connectivity index (χ1n) is 4.94. The molecule has 0 bridgehead atoms. The van der Waals surface area contributed by atoms with Crippen molar-refractivity contribution < 1.29 is 0 Å². The second kappa shape index (κ2) is 5.63. The quantitative estimate of drug-likeness (QED) is 0.751. The van der Waals surface area contributed by atoms with Gasteiger partial charge in [0.15, 0.2) is 0 Å². The second-order valence-corrected chi connectivity index (χ2v) is 4.30. The Balaban J connectivity index is 2.34. The Kier molecular flexibility index (Phi) is 4.78. The van der Waals surface area contributed by atoms with Crippen molar-refractivity contribution in [3.63, 3.8) is 0 Å². The third-order valence-corrected chi connectivity index (χ3v) is 2.71. The first-order chi connectivity index (χ1) is 6.20. The van der Waals surface area contributed by atoms with Crippen molar-refractivity contribution >= 4 is 11.6 Å². The van der Waals surface area contributed by atoms with Crippen LogP contribution in [0.15, 0.2) is 11.6 Å². The van der Waals surface area contributed by atoms with Gasteiger partial charge in [-0.05, 0) is 39.4 Å². The smallest absolute Gasteiger partial charge is 0.0335 e. The zero-order valence-electron chi connectivity index (χ0n) is 8.35. The number of likely N-dealkylation sites (N-methyl/N-ethyl adjacent to an activating group) is 1. The largest absolute Gasteiger partial charge is 0.317 e. The average Bonchev–Trinajstić information content (AvgIpc) is 2.29. The van der Waals surface area contributed by atoms with Gasteiger partial charge in [0.1, 0.15) is 0 Å². The number of nitrogens with one attached hydrogen (secondary N) is 1. The number of hydrogen-bond acceptors (Lipinski definition) is 2. The summed E-state index contributed by atoms with van der Waals surface area (Å²) in [5.41, 5.74) is 0. The van der Waals surface area contributed by atoms with Gasteiger partial charge in [0.2, 0.25) is 0 Å². The molecule has 0 aromatic carbocycles. The second-order valence-electron chi connectivity index (χ2n) is 3.77. The molecular formula is C10H19ClN2. The Morgan fingerprint density at radius 2 is 2.31 bits per heavy atom. The van der Waals surface area contributed by atoms with Crippen LogP contribution in [0.2, 0.25) is 0 Å². The molecule has 3 heteroatoms. The predicted octanol–water partition coefficient (Wildman–Crippen LogP) is 1.81. The molecule has 0 aromatic heterocycles. The van der Waals surface area contributed by atoms with Crippen LogP contribution in [0.4, 0.5) is 0 Å². The minimum atomic E-state index is 0.672. The maximum atomic E-state index is 5.78. The average molecular weight is 203 g/mol. The van der Waals surface area contributed by atoms with Crippen LogP contribution in [-0.2, 0) is 0 Å². The lowest BCUT2D eigenvalue weighted by Gasteiger charge is -2.26. The third kappa shape index (κ3) is 4.12. The van der Waals surface area contributed by atoms with Gasteiger partial charge in [0.25, 0.3) is 0 Å². The summed E-state index contributed by atoms with van der Waals surface area (Å²) in [6.07, 6.45) is 3.76. The van der Waals surface area contributed by atoms with E-state index < -0.39 is 0 Å². The fourth-order valence-electron chi connectivity index (χ4n) is 1.84. The van der Waals surface area contributed by atoms with Gasteiger partial charge >= 0.3 is 0 Å². The summed E-state index contributed by atoms with van der Waals surface area (Å²) in [7, 11) is 2.13. The molecule has 0 amide bonds. The molecule has 0 spiro atoms. The molecule has 1 aliphatic heterocycles. The molecule has 1 rings (SSSR count). The molecule has 0 aliphatic carbocycles. The molecule has 1 aliphatic rings. The fourth-order valence-corrected chi connectivity index (χ4v) is 2.03. The Bertz CT molecular complexity index is 162. The van der Waals surface area contributed by atoms with Gasteiger partial charge < -0.3 is 5.32 Å². The molecule has 1 unspecified atom stereocenters. The van der Waals surface area contributed by atoms with Crippen LogP contribution < -0.4 is 5.32 Å². The fraction of sp³-hybridized carbons (Fsp3) is 0.800. The molecule has 0 radical (unpaired) electrons. The van der Waals surface area contributed by atoms with Crippen LogP contribution in [0, 0.1) is 0 Å². The van der Waals surface area contributed by atoms with Gasteiger partial charge in [-0.15, -0.1) is 0 Å². The van der Waals surface area contributed by atoms with Gasteiger partial charge in [-0.3, -0.25) is 4.90 Å². The number of hydrogen-bond donors (Lipinski definition) is 1. The van der Waals surface area contributed by atoms with E-state index in [0.717, 1.165) is 24.7 Å². The standard InChI is InChI=1S/C10H19ClN2/c1-9(11)8-13(2)10-4-3-6-12-7-5-10/h10,12H,1,3-8H2,2H3. The highest BCUT2D eigenvalue weighted by Gasteiger charge is 2.16. The van der Waals surface area contributed by atoms with E-state index >= 15 is 0 Å². The van der Waals surface area contributed by atoms with Crippen LogP contribution in [0.5, 0.6) is 0 Å². The molecular weight excluding hydrogens is 184 g/mol. The van der Waals surface area contributed by atoms with Crippen molar-refractivity contribution in [1.82, 2.24) is 10.2 Å². The van der Waals surface area contributed by atoms with Crippen molar-refractivity contribution in [3.05, 3.63) is 11.6 Å². The highest BCUT2D eigenvalue weighted by Crippen LogP contribution is 2.13. The van der Waals surface area contributed by atoms with Gasteiger partial charge in [-0.2, -0.15) is 0 Å². The summed E-state index contributed by atoms with van der Waals surface area (Å²) in [6, 6.07) is 0.672. The number of nitrogens with zero attached hydrogens (tertiary/aromatic N) is 1. The molecule has 1 atom stereocenters. The molecule has 76 valence electrons. The summed E-state index contributed by atoms with van der Waals surface area (Å²) in [5.74, 6) is 0. The van der Waals surface area contributed by atoms with E-state index in [0.29, 0.717) is 6.04 Å². The topological polar surface area (TPSA) is 15.3 Å². The highest BCUT2D eigenvalue weighted by molar-refractivity contribution is 6.29. The van der Waals surface area contributed by atoms with E-state index in [2.05, 4.69) is 23.8 Å². The van der Waals surface area contributed by atoms with Gasteiger partial charge in [-0.1, -0.05) is 18.2 Å². The molecule has 13 heavy (non-hydrogen) atoms. The van der Waals surface area contributed by atoms with Gasteiger partial charge in [0.05, 0.1) is 0 Å². The zero-order valence-corrected chi connectivity index (χ0v) is 9.11. The lowest BCUT2D eigenvalue weighted by Crippen LogP contribution is -2.33. The number of halogens is 1. The van der Waals surface area contributed by atoms with E-state index in [9.17, 15) is 0 Å². The van der Waals surface area contributed by atoms with Crippen molar-refractivity contribution in [2.24, 2.45) is 0 Å². The maximum Gasteiger partial charge on any atom is 0.0335 e. The molecule has 0 aromatic rings. The first-order valence-corrected chi connectivity index (χ1v) is 5.32. The molecule has 0 saturated carbocycles. The molecule has 1 saturated heterocycles. The molecule has 1 heterocycles.